The second-order valence-electron chi connectivity index (χ2n) is 5.44. The van der Waals surface area contributed by atoms with Crippen molar-refractivity contribution >= 4 is 6.03 Å². The lowest BCUT2D eigenvalue weighted by molar-refractivity contribution is 0.235. The second kappa shape index (κ2) is 8.17. The zero-order chi connectivity index (χ0) is 16.7. The first-order chi connectivity index (χ1) is 11.1. The van der Waals surface area contributed by atoms with Gasteiger partial charge in [-0.05, 0) is 32.4 Å². The summed E-state index contributed by atoms with van der Waals surface area (Å²) in [6.45, 7) is 5.00. The molecule has 0 aliphatic rings. The van der Waals surface area contributed by atoms with Crippen LogP contribution in [0.1, 0.15) is 30.8 Å². The molecule has 0 saturated carbocycles. The summed E-state index contributed by atoms with van der Waals surface area (Å²) in [6, 6.07) is 7.47. The molecule has 23 heavy (non-hydrogen) atoms. The molecule has 0 saturated heterocycles. The number of carbonyl (C=O) groups is 1. The number of aryl methyl sites for hydroxylation is 2. The number of aromatic nitrogens is 3. The normalized spacial score (nSPS) is 11.8. The Morgan fingerprint density at radius 3 is 2.74 bits per heavy atom. The summed E-state index contributed by atoms with van der Waals surface area (Å²) in [5.41, 5.74) is 1.20. The third-order valence-corrected chi connectivity index (χ3v) is 3.38. The highest BCUT2D eigenvalue weighted by atomic mass is 16.5. The van der Waals surface area contributed by atoms with E-state index >= 15 is 0 Å². The van der Waals surface area contributed by atoms with Crippen molar-refractivity contribution in [1.29, 1.82) is 0 Å². The molecule has 0 unspecified atom stereocenters. The van der Waals surface area contributed by atoms with Crippen LogP contribution >= 0.6 is 0 Å². The summed E-state index contributed by atoms with van der Waals surface area (Å²) in [6.07, 6.45) is 2.34. The Balaban J connectivity index is 1.61. The Kier molecular flexibility index (Phi) is 5.96. The maximum Gasteiger partial charge on any atom is 0.315 e. The van der Waals surface area contributed by atoms with E-state index in [1.54, 1.807) is 10.9 Å². The Morgan fingerprint density at radius 2 is 2.09 bits per heavy atom. The van der Waals surface area contributed by atoms with Gasteiger partial charge >= 0.3 is 6.03 Å². The summed E-state index contributed by atoms with van der Waals surface area (Å²) in [5.74, 6) is 1.55. The van der Waals surface area contributed by atoms with Gasteiger partial charge in [-0.25, -0.2) is 4.79 Å². The van der Waals surface area contributed by atoms with Gasteiger partial charge in [-0.15, -0.1) is 10.2 Å². The average Bonchev–Trinajstić information content (AvgIpc) is 2.95. The van der Waals surface area contributed by atoms with E-state index in [0.717, 1.165) is 12.2 Å². The van der Waals surface area contributed by atoms with E-state index in [0.29, 0.717) is 19.0 Å². The molecule has 7 heteroatoms. The average molecular weight is 317 g/mol. The third-order valence-electron chi connectivity index (χ3n) is 3.38. The number of nitrogens with zero attached hydrogens (tertiary/aromatic N) is 3. The topological polar surface area (TPSA) is 81.1 Å². The first-order valence-electron chi connectivity index (χ1n) is 7.64. The summed E-state index contributed by atoms with van der Waals surface area (Å²) in [5, 5.41) is 13.4. The molecule has 0 fully saturated rings. The molecule has 2 amide bonds. The van der Waals surface area contributed by atoms with Crippen molar-refractivity contribution in [3.8, 4) is 5.75 Å². The van der Waals surface area contributed by atoms with Gasteiger partial charge in [0.2, 0.25) is 0 Å². The van der Waals surface area contributed by atoms with Crippen molar-refractivity contribution in [3.63, 3.8) is 0 Å². The van der Waals surface area contributed by atoms with Crippen LogP contribution in [0.2, 0.25) is 0 Å². The number of amides is 2. The van der Waals surface area contributed by atoms with Crippen molar-refractivity contribution in [2.24, 2.45) is 7.05 Å². The quantitative estimate of drug-likeness (QED) is 0.765. The molecule has 2 N–H and O–H groups in total. The molecule has 0 bridgehead atoms. The van der Waals surface area contributed by atoms with Crippen molar-refractivity contribution in [2.75, 3.05) is 13.2 Å². The third kappa shape index (κ3) is 5.28. The molecular weight excluding hydrogens is 294 g/mol. The lowest BCUT2D eigenvalue weighted by atomic mass is 10.2. The van der Waals surface area contributed by atoms with Crippen molar-refractivity contribution in [1.82, 2.24) is 25.4 Å². The van der Waals surface area contributed by atoms with Crippen molar-refractivity contribution in [3.05, 3.63) is 42.0 Å². The summed E-state index contributed by atoms with van der Waals surface area (Å²) >= 11 is 0. The van der Waals surface area contributed by atoms with Crippen LogP contribution < -0.4 is 15.4 Å². The zero-order valence-corrected chi connectivity index (χ0v) is 13.7. The number of urea groups is 1. The maximum atomic E-state index is 11.8. The molecule has 1 atom stereocenters. The summed E-state index contributed by atoms with van der Waals surface area (Å²) in [7, 11) is 1.84. The molecule has 7 nitrogen and oxygen atoms in total. The monoisotopic (exact) mass is 317 g/mol. The highest BCUT2D eigenvalue weighted by Gasteiger charge is 2.13. The molecule has 1 heterocycles. The number of hydrogen-bond acceptors (Lipinski definition) is 4. The minimum Gasteiger partial charge on any atom is -0.494 e. The predicted molar refractivity (Wildman–Crippen MR) is 87.2 cm³/mol. The number of benzene rings is 1. The number of ether oxygens (including phenoxy) is 1. The van der Waals surface area contributed by atoms with Gasteiger partial charge < -0.3 is 19.9 Å². The molecular formula is C16H23N5O2. The number of hydrogen-bond donors (Lipinski definition) is 2. The van der Waals surface area contributed by atoms with Gasteiger partial charge in [0.05, 0.1) is 12.6 Å². The van der Waals surface area contributed by atoms with Crippen LogP contribution in [0.15, 0.2) is 30.6 Å². The molecule has 1 aromatic heterocycles. The SMILES string of the molecule is Cc1ccc(OCCCNC(=O)N[C@@H](C)c2nncn2C)cc1. The maximum absolute atomic E-state index is 11.8. The molecule has 1 aromatic carbocycles. The van der Waals surface area contributed by atoms with Crippen molar-refractivity contribution in [2.45, 2.75) is 26.3 Å². The molecule has 0 spiro atoms. The van der Waals surface area contributed by atoms with Crippen molar-refractivity contribution < 1.29 is 9.53 Å². The highest BCUT2D eigenvalue weighted by molar-refractivity contribution is 5.74. The fourth-order valence-corrected chi connectivity index (χ4v) is 2.10. The van der Waals surface area contributed by atoms with E-state index in [9.17, 15) is 4.79 Å². The molecule has 0 radical (unpaired) electrons. The van der Waals surface area contributed by atoms with Crippen LogP contribution in [0, 0.1) is 6.92 Å². The zero-order valence-electron chi connectivity index (χ0n) is 13.7. The van der Waals surface area contributed by atoms with Gasteiger partial charge in [0.1, 0.15) is 12.1 Å². The summed E-state index contributed by atoms with van der Waals surface area (Å²) in [4.78, 5) is 11.8. The highest BCUT2D eigenvalue weighted by Crippen LogP contribution is 2.11. The van der Waals surface area contributed by atoms with Gasteiger partial charge in [0, 0.05) is 13.6 Å². The van der Waals surface area contributed by atoms with Crippen LogP contribution in [-0.2, 0) is 7.05 Å². The van der Waals surface area contributed by atoms with E-state index in [1.807, 2.05) is 45.2 Å². The Morgan fingerprint density at radius 1 is 1.35 bits per heavy atom. The van der Waals surface area contributed by atoms with Gasteiger partial charge in [-0.2, -0.15) is 0 Å². The summed E-state index contributed by atoms with van der Waals surface area (Å²) < 4.78 is 7.38. The minimum atomic E-state index is -0.226. The lowest BCUT2D eigenvalue weighted by Gasteiger charge is -2.14. The Hall–Kier alpha value is -2.57. The fraction of sp³-hybridized carbons (Fsp3) is 0.438. The minimum absolute atomic E-state index is 0.202. The number of nitrogens with one attached hydrogen (secondary N) is 2. The molecule has 0 aliphatic carbocycles. The molecule has 0 aliphatic heterocycles. The first-order valence-corrected chi connectivity index (χ1v) is 7.64. The molecule has 124 valence electrons. The van der Waals surface area contributed by atoms with E-state index < -0.39 is 0 Å². The fourth-order valence-electron chi connectivity index (χ4n) is 2.10. The van der Waals surface area contributed by atoms with Crippen LogP contribution in [-0.4, -0.2) is 33.9 Å². The van der Waals surface area contributed by atoms with E-state index in [2.05, 4.69) is 20.8 Å². The van der Waals surface area contributed by atoms with Crippen LogP contribution in [0.5, 0.6) is 5.75 Å². The predicted octanol–water partition coefficient (Wildman–Crippen LogP) is 1.95. The van der Waals surface area contributed by atoms with Crippen LogP contribution in [0.25, 0.3) is 0 Å². The van der Waals surface area contributed by atoms with Gasteiger partial charge in [0.25, 0.3) is 0 Å². The van der Waals surface area contributed by atoms with E-state index in [-0.39, 0.29) is 12.1 Å². The first kappa shape index (κ1) is 16.8. The standard InChI is InChI=1S/C16H23N5O2/c1-12-5-7-14(8-6-12)23-10-4-9-17-16(22)19-13(2)15-20-18-11-21(15)3/h5-8,11,13H,4,9-10H2,1-3H3,(H2,17,19,22)/t13-/m0/s1. The van der Waals surface area contributed by atoms with E-state index in [4.69, 9.17) is 4.74 Å². The van der Waals surface area contributed by atoms with E-state index in [1.165, 1.54) is 5.56 Å². The van der Waals surface area contributed by atoms with Gasteiger partial charge in [-0.3, -0.25) is 0 Å². The van der Waals surface area contributed by atoms with Crippen LogP contribution in [0.3, 0.4) is 0 Å². The Labute approximate surface area is 136 Å². The number of carbonyl (C=O) groups excluding carboxylic acids is 1. The van der Waals surface area contributed by atoms with Gasteiger partial charge in [0.15, 0.2) is 5.82 Å². The lowest BCUT2D eigenvalue weighted by Crippen LogP contribution is -2.38. The Bertz CT molecular complexity index is 624. The second-order valence-corrected chi connectivity index (χ2v) is 5.44. The largest absolute Gasteiger partial charge is 0.494 e. The molecule has 2 aromatic rings. The molecule has 2 rings (SSSR count). The van der Waals surface area contributed by atoms with Gasteiger partial charge in [-0.1, -0.05) is 17.7 Å². The number of rotatable bonds is 7. The van der Waals surface area contributed by atoms with Crippen LogP contribution in [0.4, 0.5) is 4.79 Å². The smallest absolute Gasteiger partial charge is 0.315 e.